The van der Waals surface area contributed by atoms with E-state index < -0.39 is 0 Å². The van der Waals surface area contributed by atoms with E-state index in [0.29, 0.717) is 29.4 Å². The lowest BCUT2D eigenvalue weighted by Gasteiger charge is -2.39. The number of fused-ring (bicyclic) bond motifs is 1. The number of amides is 1. The molecule has 2 aliphatic heterocycles. The summed E-state index contributed by atoms with van der Waals surface area (Å²) in [4.78, 5) is 21.5. The number of pyridine rings is 1. The van der Waals surface area contributed by atoms with Crippen molar-refractivity contribution in [3.05, 3.63) is 48.2 Å². The van der Waals surface area contributed by atoms with Gasteiger partial charge in [0.2, 0.25) is 5.91 Å². The average Bonchev–Trinajstić information content (AvgIpc) is 3.38. The van der Waals surface area contributed by atoms with Gasteiger partial charge in [0.15, 0.2) is 11.6 Å². The number of rotatable bonds is 6. The van der Waals surface area contributed by atoms with Crippen molar-refractivity contribution in [2.45, 2.75) is 31.7 Å². The molecule has 12 heteroatoms. The molecule has 2 aliphatic rings. The van der Waals surface area contributed by atoms with Gasteiger partial charge >= 0.3 is 0 Å². The number of nitrogens with one attached hydrogen (secondary N) is 4. The summed E-state index contributed by atoms with van der Waals surface area (Å²) in [6.45, 7) is 1.69. The van der Waals surface area contributed by atoms with E-state index >= 15 is 0 Å². The molecule has 2 saturated heterocycles. The summed E-state index contributed by atoms with van der Waals surface area (Å²) >= 11 is 0. The van der Waals surface area contributed by atoms with Gasteiger partial charge in [0.05, 0.1) is 42.8 Å². The predicted molar refractivity (Wildman–Crippen MR) is 128 cm³/mol. The third-order valence-electron chi connectivity index (χ3n) is 6.38. The van der Waals surface area contributed by atoms with Crippen molar-refractivity contribution in [3.8, 4) is 17.1 Å². The van der Waals surface area contributed by atoms with Crippen LogP contribution in [0.1, 0.15) is 12.0 Å². The number of anilines is 2. The quantitative estimate of drug-likeness (QED) is 0.415. The number of benzene rings is 1. The number of piperidine rings is 1. The number of hydrogen-bond donors (Lipinski definition) is 4. The summed E-state index contributed by atoms with van der Waals surface area (Å²) in [5.41, 5.74) is 5.17. The van der Waals surface area contributed by atoms with Crippen molar-refractivity contribution >= 4 is 17.4 Å². The zero-order valence-corrected chi connectivity index (χ0v) is 19.9. The van der Waals surface area contributed by atoms with Crippen molar-refractivity contribution in [1.29, 1.82) is 0 Å². The second-order valence-electron chi connectivity index (χ2n) is 8.83. The Bertz CT molecular complexity index is 1250. The third-order valence-corrected chi connectivity index (χ3v) is 6.38. The molecule has 0 spiro atoms. The van der Waals surface area contributed by atoms with E-state index in [4.69, 9.17) is 4.74 Å². The summed E-state index contributed by atoms with van der Waals surface area (Å²) < 4.78 is 21.1. The van der Waals surface area contributed by atoms with Gasteiger partial charge in [-0.05, 0) is 30.7 Å². The first-order chi connectivity index (χ1) is 16.8. The topological polar surface area (TPSA) is 121 Å². The molecule has 0 bridgehead atoms. The van der Waals surface area contributed by atoms with Crippen LogP contribution in [0.5, 0.6) is 5.75 Å². The number of aromatic nitrogens is 4. The van der Waals surface area contributed by atoms with Crippen LogP contribution >= 0.6 is 0 Å². The van der Waals surface area contributed by atoms with Crippen LogP contribution in [0.3, 0.4) is 0 Å². The maximum Gasteiger partial charge on any atom is 0.244 e. The lowest BCUT2D eigenvalue weighted by Crippen LogP contribution is -2.60. The fourth-order valence-electron chi connectivity index (χ4n) is 4.70. The van der Waals surface area contributed by atoms with E-state index in [0.717, 1.165) is 11.3 Å². The molecular formula is C23H28FN9O2. The van der Waals surface area contributed by atoms with E-state index in [1.165, 1.54) is 11.2 Å². The lowest BCUT2D eigenvalue weighted by molar-refractivity contribution is -0.131. The van der Waals surface area contributed by atoms with E-state index in [1.807, 2.05) is 18.2 Å². The fourth-order valence-corrected chi connectivity index (χ4v) is 4.70. The molecule has 2 aromatic heterocycles. The van der Waals surface area contributed by atoms with E-state index in [1.54, 1.807) is 45.2 Å². The van der Waals surface area contributed by atoms with Gasteiger partial charge < -0.3 is 15.4 Å². The summed E-state index contributed by atoms with van der Waals surface area (Å²) in [7, 11) is 5.11. The van der Waals surface area contributed by atoms with Gasteiger partial charge in [-0.15, -0.1) is 0 Å². The number of methoxy groups -OCH3 is 1. The van der Waals surface area contributed by atoms with Crippen LogP contribution in [0.4, 0.5) is 15.9 Å². The molecular weight excluding hydrogens is 453 g/mol. The maximum atomic E-state index is 13.7. The zero-order valence-electron chi connectivity index (χ0n) is 19.9. The Morgan fingerprint density at radius 2 is 2.06 bits per heavy atom. The van der Waals surface area contributed by atoms with Gasteiger partial charge in [0, 0.05) is 26.6 Å². The van der Waals surface area contributed by atoms with Crippen LogP contribution in [0.15, 0.2) is 36.8 Å². The van der Waals surface area contributed by atoms with Crippen LogP contribution in [0, 0.1) is 18.7 Å². The highest BCUT2D eigenvalue weighted by atomic mass is 19.1. The summed E-state index contributed by atoms with van der Waals surface area (Å²) in [6, 6.07) is 7.12. The highest BCUT2D eigenvalue weighted by Crippen LogP contribution is 2.37. The standard InChI is InChI=1S/C23H28FN9O2/c1-12-8-17(25-10-14(12)24)28-18-9-16(19-22(29-18)31-33(3)23(19)34)27-15-7-5-6-13(20(15)35-4)21-26-11-32(2)30-21/h5-8,10-11,16,18-19,22,27,29,31H,9H2,1-4H3,(H,25,28). The van der Waals surface area contributed by atoms with Crippen molar-refractivity contribution < 1.29 is 13.9 Å². The molecule has 3 aromatic rings. The SMILES string of the molecule is COc1c(NC2CC(Nc3cc(C)c(F)cn3)NC3NN(C)C(=O)C23)cccc1-c1ncn(C)n1. The molecule has 4 unspecified atom stereocenters. The molecule has 1 aromatic carbocycles. The molecule has 4 atom stereocenters. The monoisotopic (exact) mass is 481 g/mol. The number of hydrazine groups is 1. The highest BCUT2D eigenvalue weighted by molar-refractivity contribution is 5.83. The van der Waals surface area contributed by atoms with Gasteiger partial charge in [0.1, 0.15) is 18.0 Å². The summed E-state index contributed by atoms with van der Waals surface area (Å²) in [6.07, 6.45) is 2.85. The van der Waals surface area contributed by atoms with Crippen LogP contribution in [-0.4, -0.2) is 63.2 Å². The van der Waals surface area contributed by atoms with Gasteiger partial charge in [-0.3, -0.25) is 19.8 Å². The molecule has 0 saturated carbocycles. The number of nitrogens with zero attached hydrogens (tertiary/aromatic N) is 5. The largest absolute Gasteiger partial charge is 0.494 e. The Morgan fingerprint density at radius 3 is 2.77 bits per heavy atom. The Labute approximate surface area is 202 Å². The molecule has 4 N–H and O–H groups in total. The number of halogens is 1. The summed E-state index contributed by atoms with van der Waals surface area (Å²) in [5, 5.41) is 16.2. The van der Waals surface area contributed by atoms with Crippen molar-refractivity contribution in [3.63, 3.8) is 0 Å². The first kappa shape index (κ1) is 23.0. The molecule has 11 nitrogen and oxygen atoms in total. The molecule has 0 aliphatic carbocycles. The maximum absolute atomic E-state index is 13.7. The highest BCUT2D eigenvalue weighted by Gasteiger charge is 2.48. The normalized spacial score (nSPS) is 23.8. The molecule has 184 valence electrons. The first-order valence-electron chi connectivity index (χ1n) is 11.3. The summed E-state index contributed by atoms with van der Waals surface area (Å²) in [5.74, 6) is 0.966. The van der Waals surface area contributed by atoms with Crippen molar-refractivity contribution in [2.24, 2.45) is 13.0 Å². The average molecular weight is 482 g/mol. The Balaban J connectivity index is 1.44. The van der Waals surface area contributed by atoms with E-state index in [9.17, 15) is 9.18 Å². The molecule has 35 heavy (non-hydrogen) atoms. The Morgan fingerprint density at radius 1 is 1.23 bits per heavy atom. The lowest BCUT2D eigenvalue weighted by atomic mass is 9.88. The molecule has 1 amide bonds. The number of para-hydroxylation sites is 1. The molecule has 0 radical (unpaired) electrons. The van der Waals surface area contributed by atoms with Gasteiger partial charge in [-0.2, -0.15) is 5.10 Å². The Kier molecular flexibility index (Phi) is 5.99. The second kappa shape index (κ2) is 9.12. The predicted octanol–water partition coefficient (Wildman–Crippen LogP) is 1.46. The van der Waals surface area contributed by atoms with Crippen LogP contribution in [-0.2, 0) is 11.8 Å². The Hall–Kier alpha value is -3.77. The van der Waals surface area contributed by atoms with Crippen molar-refractivity contribution in [2.75, 3.05) is 24.8 Å². The van der Waals surface area contributed by atoms with Gasteiger partial charge in [-0.1, -0.05) is 6.07 Å². The minimum Gasteiger partial charge on any atom is -0.494 e. The zero-order chi connectivity index (χ0) is 24.7. The smallest absolute Gasteiger partial charge is 0.244 e. The van der Waals surface area contributed by atoms with Gasteiger partial charge in [0.25, 0.3) is 0 Å². The number of ether oxygens (including phenoxy) is 1. The minimum atomic E-state index is -0.359. The van der Waals surface area contributed by atoms with Crippen LogP contribution in [0.2, 0.25) is 0 Å². The number of carbonyl (C=O) groups excluding carboxylic acids is 1. The third kappa shape index (κ3) is 4.37. The number of carbonyl (C=O) groups is 1. The van der Waals surface area contributed by atoms with Crippen molar-refractivity contribution in [1.82, 2.24) is 35.5 Å². The molecule has 5 rings (SSSR count). The van der Waals surface area contributed by atoms with Gasteiger partial charge in [-0.25, -0.2) is 19.8 Å². The number of hydrogen-bond acceptors (Lipinski definition) is 9. The second-order valence-corrected chi connectivity index (χ2v) is 8.83. The van der Waals surface area contributed by atoms with E-state index in [2.05, 4.69) is 36.4 Å². The number of aryl methyl sites for hydroxylation is 2. The van der Waals surface area contributed by atoms with Crippen LogP contribution < -0.4 is 26.1 Å². The first-order valence-corrected chi connectivity index (χ1v) is 11.3. The molecule has 2 fully saturated rings. The van der Waals surface area contributed by atoms with E-state index in [-0.39, 0.29) is 36.0 Å². The fraction of sp³-hybridized carbons (Fsp3) is 0.391. The minimum absolute atomic E-state index is 0.0179. The van der Waals surface area contributed by atoms with Crippen LogP contribution in [0.25, 0.3) is 11.4 Å². The molecule has 4 heterocycles.